The van der Waals surface area contributed by atoms with Gasteiger partial charge in [0.25, 0.3) is 5.91 Å². The monoisotopic (exact) mass is 486 g/mol. The molecule has 4 rings (SSSR count). The van der Waals surface area contributed by atoms with E-state index < -0.39 is 0 Å². The van der Waals surface area contributed by atoms with Crippen LogP contribution in [0, 0.1) is 12.7 Å². The lowest BCUT2D eigenvalue weighted by Gasteiger charge is -2.24. The maximum atomic E-state index is 13.9. The Balaban J connectivity index is 1.78. The van der Waals surface area contributed by atoms with Gasteiger partial charge in [-0.3, -0.25) is 9.69 Å². The first kappa shape index (κ1) is 23.4. The van der Waals surface area contributed by atoms with Gasteiger partial charge in [0.15, 0.2) is 5.13 Å². The second kappa shape index (κ2) is 9.99. The van der Waals surface area contributed by atoms with E-state index in [1.165, 1.54) is 23.5 Å². The smallest absolute Gasteiger partial charge is 0.266 e. The van der Waals surface area contributed by atoms with Crippen molar-refractivity contribution in [2.75, 3.05) is 31.1 Å². The lowest BCUT2D eigenvalue weighted by molar-refractivity contribution is 0.0983. The number of fused-ring (bicyclic) bond motifs is 1. The van der Waals surface area contributed by atoms with Crippen molar-refractivity contribution < 1.29 is 13.7 Å². The molecule has 0 saturated heterocycles. The predicted molar refractivity (Wildman–Crippen MR) is 131 cm³/mol. The molecular weight excluding hydrogens is 463 g/mol. The number of amides is 1. The van der Waals surface area contributed by atoms with E-state index in [9.17, 15) is 9.18 Å². The molecule has 4 aromatic rings. The summed E-state index contributed by atoms with van der Waals surface area (Å²) in [5, 5.41) is 5.12. The molecule has 0 aliphatic carbocycles. The Morgan fingerprint density at radius 3 is 2.64 bits per heavy atom. The van der Waals surface area contributed by atoms with Crippen LogP contribution in [0.25, 0.3) is 21.5 Å². The molecule has 0 bridgehead atoms. The molecule has 0 saturated carbocycles. The van der Waals surface area contributed by atoms with Gasteiger partial charge in [0.2, 0.25) is 0 Å². The number of hydrogen-bond donors (Lipinski definition) is 0. The number of benzene rings is 2. The lowest BCUT2D eigenvalue weighted by Crippen LogP contribution is -2.39. The third kappa shape index (κ3) is 4.78. The van der Waals surface area contributed by atoms with Gasteiger partial charge >= 0.3 is 0 Å². The van der Waals surface area contributed by atoms with E-state index in [1.54, 1.807) is 30.0 Å². The quantitative estimate of drug-likeness (QED) is 0.304. The molecule has 0 spiro atoms. The topological polar surface area (TPSA) is 62.5 Å². The Labute approximate surface area is 200 Å². The molecule has 172 valence electrons. The molecule has 0 atom stereocenters. The number of halogens is 2. The fourth-order valence-corrected chi connectivity index (χ4v) is 4.90. The van der Waals surface area contributed by atoms with Crippen molar-refractivity contribution in [1.29, 1.82) is 0 Å². The van der Waals surface area contributed by atoms with Gasteiger partial charge in [-0.1, -0.05) is 60.1 Å². The molecule has 2 heterocycles. The largest absolute Gasteiger partial charge is 0.360 e. The van der Waals surface area contributed by atoms with Crippen LogP contribution in [0.5, 0.6) is 0 Å². The van der Waals surface area contributed by atoms with E-state index in [1.807, 2.05) is 12.1 Å². The number of likely N-dealkylation sites (N-methyl/N-ethyl adjacent to an activating group) is 1. The molecular formula is C24H24ClFN4O2S. The van der Waals surface area contributed by atoms with Gasteiger partial charge in [-0.15, -0.1) is 0 Å². The zero-order valence-electron chi connectivity index (χ0n) is 18.6. The van der Waals surface area contributed by atoms with E-state index in [2.05, 4.69) is 28.9 Å². The number of anilines is 1. The van der Waals surface area contributed by atoms with Crippen LogP contribution in [0.3, 0.4) is 0 Å². The Hall–Kier alpha value is -2.81. The second-order valence-electron chi connectivity index (χ2n) is 7.53. The van der Waals surface area contributed by atoms with Crippen molar-refractivity contribution in [2.24, 2.45) is 0 Å². The first-order valence-corrected chi connectivity index (χ1v) is 11.9. The predicted octanol–water partition coefficient (Wildman–Crippen LogP) is 6.04. The van der Waals surface area contributed by atoms with E-state index in [0.717, 1.165) is 13.1 Å². The van der Waals surface area contributed by atoms with Crippen molar-refractivity contribution >= 4 is 44.2 Å². The van der Waals surface area contributed by atoms with Crippen molar-refractivity contribution in [1.82, 2.24) is 15.0 Å². The average Bonchev–Trinajstić information content (AvgIpc) is 3.39. The number of aryl methyl sites for hydroxylation is 1. The Morgan fingerprint density at radius 1 is 1.15 bits per heavy atom. The number of carbonyl (C=O) groups excluding carboxylic acids is 1. The molecule has 0 N–H and O–H groups in total. The van der Waals surface area contributed by atoms with Gasteiger partial charge < -0.3 is 9.42 Å². The highest BCUT2D eigenvalue weighted by Crippen LogP contribution is 2.35. The molecule has 9 heteroatoms. The van der Waals surface area contributed by atoms with Gasteiger partial charge in [-0.25, -0.2) is 9.37 Å². The van der Waals surface area contributed by atoms with Crippen LogP contribution in [0.4, 0.5) is 9.52 Å². The number of hydrogen-bond acceptors (Lipinski definition) is 6. The average molecular weight is 487 g/mol. The first-order valence-electron chi connectivity index (χ1n) is 10.7. The Kier molecular flexibility index (Phi) is 7.07. The molecule has 2 aromatic heterocycles. The molecule has 6 nitrogen and oxygen atoms in total. The summed E-state index contributed by atoms with van der Waals surface area (Å²) in [5.74, 6) is -0.222. The standard InChI is InChI=1S/C24H24ClFN4O2S/c1-4-29(5-2)12-13-30(24-27-19-11-10-16(26)14-20(19)33-24)23(31)21-15(3)32-28-22(21)17-8-6-7-9-18(17)25/h6-11,14H,4-5,12-13H2,1-3H3. The summed E-state index contributed by atoms with van der Waals surface area (Å²) < 4.78 is 19.9. The molecule has 2 aromatic carbocycles. The molecule has 0 aliphatic rings. The van der Waals surface area contributed by atoms with Crippen LogP contribution in [-0.4, -0.2) is 47.1 Å². The van der Waals surface area contributed by atoms with Gasteiger partial charge in [0.1, 0.15) is 22.8 Å². The summed E-state index contributed by atoms with van der Waals surface area (Å²) >= 11 is 7.67. The third-order valence-electron chi connectivity index (χ3n) is 5.56. The molecule has 1 amide bonds. The van der Waals surface area contributed by atoms with E-state index >= 15 is 0 Å². The highest BCUT2D eigenvalue weighted by molar-refractivity contribution is 7.22. The molecule has 0 unspecified atom stereocenters. The Bertz CT molecular complexity index is 1280. The lowest BCUT2D eigenvalue weighted by atomic mass is 10.1. The fourth-order valence-electron chi connectivity index (χ4n) is 3.66. The van der Waals surface area contributed by atoms with Crippen molar-refractivity contribution in [3.05, 3.63) is 64.6 Å². The molecule has 33 heavy (non-hydrogen) atoms. The van der Waals surface area contributed by atoms with Crippen LogP contribution in [0.2, 0.25) is 5.02 Å². The summed E-state index contributed by atoms with van der Waals surface area (Å²) in [6, 6.07) is 11.6. The van der Waals surface area contributed by atoms with E-state index in [0.29, 0.717) is 56.0 Å². The number of rotatable bonds is 8. The van der Waals surface area contributed by atoms with Crippen molar-refractivity contribution in [2.45, 2.75) is 20.8 Å². The van der Waals surface area contributed by atoms with Crippen molar-refractivity contribution in [3.8, 4) is 11.3 Å². The van der Waals surface area contributed by atoms with Gasteiger partial charge in [-0.2, -0.15) is 0 Å². The maximum Gasteiger partial charge on any atom is 0.266 e. The third-order valence-corrected chi connectivity index (χ3v) is 6.93. The minimum atomic E-state index is -0.338. The minimum Gasteiger partial charge on any atom is -0.360 e. The second-order valence-corrected chi connectivity index (χ2v) is 8.95. The zero-order valence-corrected chi connectivity index (χ0v) is 20.2. The molecule has 0 aliphatic heterocycles. The summed E-state index contributed by atoms with van der Waals surface area (Å²) in [6.07, 6.45) is 0. The maximum absolute atomic E-state index is 13.9. The van der Waals surface area contributed by atoms with Crippen LogP contribution < -0.4 is 4.90 Å². The van der Waals surface area contributed by atoms with Crippen LogP contribution in [0.1, 0.15) is 30.0 Å². The van der Waals surface area contributed by atoms with Gasteiger partial charge in [-0.05, 0) is 44.3 Å². The summed E-state index contributed by atoms with van der Waals surface area (Å²) in [4.78, 5) is 22.4. The summed E-state index contributed by atoms with van der Waals surface area (Å²) in [6.45, 7) is 8.66. The molecule has 0 radical (unpaired) electrons. The van der Waals surface area contributed by atoms with E-state index in [4.69, 9.17) is 16.1 Å². The number of carbonyl (C=O) groups is 1. The SMILES string of the molecule is CCN(CC)CCN(C(=O)c1c(-c2ccccc2Cl)noc1C)c1nc2ccc(F)cc2s1. The normalized spacial score (nSPS) is 11.5. The van der Waals surface area contributed by atoms with E-state index in [-0.39, 0.29) is 11.7 Å². The Morgan fingerprint density at radius 2 is 1.91 bits per heavy atom. The van der Waals surface area contributed by atoms with Crippen LogP contribution in [-0.2, 0) is 0 Å². The van der Waals surface area contributed by atoms with Crippen LogP contribution in [0.15, 0.2) is 47.0 Å². The summed E-state index contributed by atoms with van der Waals surface area (Å²) in [5.41, 5.74) is 2.00. The van der Waals surface area contributed by atoms with Crippen molar-refractivity contribution in [3.63, 3.8) is 0 Å². The van der Waals surface area contributed by atoms with Crippen LogP contribution >= 0.6 is 22.9 Å². The zero-order chi connectivity index (χ0) is 23.5. The number of aromatic nitrogens is 2. The molecule has 0 fully saturated rings. The number of nitrogens with zero attached hydrogens (tertiary/aromatic N) is 4. The van der Waals surface area contributed by atoms with Gasteiger partial charge in [0, 0.05) is 18.7 Å². The summed E-state index contributed by atoms with van der Waals surface area (Å²) in [7, 11) is 0. The highest BCUT2D eigenvalue weighted by atomic mass is 35.5. The van der Waals surface area contributed by atoms with Gasteiger partial charge in [0.05, 0.1) is 15.2 Å². The first-order chi connectivity index (χ1) is 15.9. The highest BCUT2D eigenvalue weighted by Gasteiger charge is 2.29. The minimum absolute atomic E-state index is 0.282. The number of thiazole rings is 1. The fraction of sp³-hybridized carbons (Fsp3) is 0.292.